The van der Waals surface area contributed by atoms with E-state index in [2.05, 4.69) is 31.6 Å². The minimum absolute atomic E-state index is 0.471. The Morgan fingerprint density at radius 3 is 2.66 bits per heavy atom. The average Bonchev–Trinajstić information content (AvgIpc) is 3.69. The molecule has 0 radical (unpaired) electrons. The number of aromatic nitrogens is 5. The number of nitrogens with one attached hydrogen (secondary N) is 3. The van der Waals surface area contributed by atoms with E-state index in [1.165, 1.54) is 38.5 Å². The molecule has 0 aromatic carbocycles. The van der Waals surface area contributed by atoms with E-state index in [4.69, 9.17) is 19.4 Å². The van der Waals surface area contributed by atoms with Crippen molar-refractivity contribution in [1.82, 2.24) is 29.8 Å². The fraction of sp³-hybridized carbons (Fsp3) is 0.462. The van der Waals surface area contributed by atoms with Gasteiger partial charge in [-0.1, -0.05) is 18.9 Å². The van der Waals surface area contributed by atoms with Crippen molar-refractivity contribution in [2.75, 3.05) is 30.3 Å². The summed E-state index contributed by atoms with van der Waals surface area (Å²) < 4.78 is 7.70. The van der Waals surface area contributed by atoms with Crippen LogP contribution in [0.4, 0.5) is 11.8 Å². The van der Waals surface area contributed by atoms with Crippen LogP contribution < -0.4 is 16.0 Å². The number of nitrogens with zero attached hydrogens (tertiary/aromatic N) is 5. The Morgan fingerprint density at radius 1 is 1.00 bits per heavy atom. The predicted octanol–water partition coefficient (Wildman–Crippen LogP) is 4.62. The molecule has 6 rings (SSSR count). The van der Waals surface area contributed by atoms with E-state index in [0.29, 0.717) is 24.5 Å². The molecule has 3 N–H and O–H groups in total. The monoisotopic (exact) mass is 472 g/mol. The molecule has 1 aliphatic carbocycles. The molecule has 5 heterocycles. The zero-order chi connectivity index (χ0) is 23.5. The molecule has 0 bridgehead atoms. The molecule has 0 atom stereocenters. The second-order valence-corrected chi connectivity index (χ2v) is 9.61. The molecule has 182 valence electrons. The maximum absolute atomic E-state index is 5.45. The summed E-state index contributed by atoms with van der Waals surface area (Å²) in [5.41, 5.74) is 3.62. The highest BCUT2D eigenvalue weighted by Crippen LogP contribution is 2.33. The fourth-order valence-electron chi connectivity index (χ4n) is 5.17. The zero-order valence-electron chi connectivity index (χ0n) is 19.9. The van der Waals surface area contributed by atoms with Crippen molar-refractivity contribution in [2.24, 2.45) is 5.92 Å². The Hall–Kier alpha value is -3.46. The van der Waals surface area contributed by atoms with Gasteiger partial charge in [0.25, 0.3) is 0 Å². The van der Waals surface area contributed by atoms with Crippen molar-refractivity contribution < 1.29 is 4.42 Å². The van der Waals surface area contributed by atoms with Gasteiger partial charge in [0.05, 0.1) is 12.6 Å². The van der Waals surface area contributed by atoms with Gasteiger partial charge in [-0.15, -0.1) is 0 Å². The predicted molar refractivity (Wildman–Crippen MR) is 136 cm³/mol. The highest BCUT2D eigenvalue weighted by Gasteiger charge is 2.22. The zero-order valence-corrected chi connectivity index (χ0v) is 19.9. The van der Waals surface area contributed by atoms with E-state index < -0.39 is 0 Å². The van der Waals surface area contributed by atoms with E-state index in [0.717, 1.165) is 53.6 Å². The first-order valence-electron chi connectivity index (χ1n) is 12.8. The lowest BCUT2D eigenvalue weighted by atomic mass is 9.98. The van der Waals surface area contributed by atoms with E-state index in [9.17, 15) is 0 Å². The fourth-order valence-corrected chi connectivity index (χ4v) is 5.17. The molecular formula is C26H32N8O. The van der Waals surface area contributed by atoms with Gasteiger partial charge >= 0.3 is 0 Å². The third kappa shape index (κ3) is 4.86. The Bertz CT molecular complexity index is 1240. The van der Waals surface area contributed by atoms with Crippen LogP contribution in [0.2, 0.25) is 0 Å². The maximum atomic E-state index is 5.45. The molecule has 4 aromatic heterocycles. The number of hydrogen-bond acceptors (Lipinski definition) is 8. The first-order valence-corrected chi connectivity index (χ1v) is 12.8. The van der Waals surface area contributed by atoms with Crippen molar-refractivity contribution >= 4 is 22.9 Å². The molecule has 2 fully saturated rings. The van der Waals surface area contributed by atoms with Gasteiger partial charge in [0.1, 0.15) is 5.69 Å². The number of anilines is 2. The Balaban J connectivity index is 1.23. The number of imidazole rings is 1. The summed E-state index contributed by atoms with van der Waals surface area (Å²) in [4.78, 5) is 19.0. The van der Waals surface area contributed by atoms with Gasteiger partial charge in [0, 0.05) is 25.3 Å². The Morgan fingerprint density at radius 2 is 1.89 bits per heavy atom. The molecule has 0 unspecified atom stereocenters. The summed E-state index contributed by atoms with van der Waals surface area (Å²) in [6.45, 7) is 3.66. The Kier molecular flexibility index (Phi) is 6.32. The smallest absolute Gasteiger partial charge is 0.226 e. The second kappa shape index (κ2) is 10.0. The summed E-state index contributed by atoms with van der Waals surface area (Å²) >= 11 is 0. The van der Waals surface area contributed by atoms with Crippen LogP contribution in [-0.2, 0) is 6.54 Å². The standard InChI is InChI=1S/C26H32N8O/c1-2-5-20(4-1)34-17-31-23-24(29-16-19-7-8-21(28-15-19)22-6-3-13-35-22)32-26(33-25(23)34)30-14-18-9-11-27-12-10-18/h3,6-8,13,15,17-18,20,27H,1-2,4-5,9-12,14,16H2,(H2,29,30,32,33). The lowest BCUT2D eigenvalue weighted by Gasteiger charge is -2.23. The highest BCUT2D eigenvalue weighted by atomic mass is 16.3. The molecule has 0 amide bonds. The van der Waals surface area contributed by atoms with E-state index in [1.54, 1.807) is 6.26 Å². The highest BCUT2D eigenvalue weighted by molar-refractivity contribution is 5.84. The second-order valence-electron chi connectivity index (χ2n) is 9.61. The molecule has 35 heavy (non-hydrogen) atoms. The van der Waals surface area contributed by atoms with Gasteiger partial charge in [-0.05, 0) is 68.5 Å². The molecule has 2 aliphatic rings. The normalized spacial score (nSPS) is 17.3. The summed E-state index contributed by atoms with van der Waals surface area (Å²) in [7, 11) is 0. The summed E-state index contributed by atoms with van der Waals surface area (Å²) in [6.07, 6.45) is 12.7. The Labute approximate surface area is 204 Å². The molecule has 0 spiro atoms. The topological polar surface area (TPSA) is 106 Å². The third-order valence-corrected chi connectivity index (χ3v) is 7.21. The summed E-state index contributed by atoms with van der Waals surface area (Å²) in [5, 5.41) is 10.5. The van der Waals surface area contributed by atoms with Gasteiger partial charge in [0.15, 0.2) is 22.7 Å². The van der Waals surface area contributed by atoms with E-state index >= 15 is 0 Å². The van der Waals surface area contributed by atoms with Gasteiger partial charge in [-0.2, -0.15) is 9.97 Å². The number of piperidine rings is 1. The number of rotatable bonds is 8. The van der Waals surface area contributed by atoms with Crippen LogP contribution in [0.3, 0.4) is 0 Å². The lowest BCUT2D eigenvalue weighted by Crippen LogP contribution is -2.31. The molecule has 4 aromatic rings. The van der Waals surface area contributed by atoms with Gasteiger partial charge < -0.3 is 24.9 Å². The van der Waals surface area contributed by atoms with E-state index in [-0.39, 0.29) is 0 Å². The molecule has 1 saturated heterocycles. The summed E-state index contributed by atoms with van der Waals surface area (Å²) in [5.74, 6) is 2.84. The third-order valence-electron chi connectivity index (χ3n) is 7.21. The maximum Gasteiger partial charge on any atom is 0.226 e. The average molecular weight is 473 g/mol. The first kappa shape index (κ1) is 22.0. The van der Waals surface area contributed by atoms with Crippen LogP contribution in [0.25, 0.3) is 22.6 Å². The van der Waals surface area contributed by atoms with Crippen molar-refractivity contribution in [3.63, 3.8) is 0 Å². The van der Waals surface area contributed by atoms with Crippen LogP contribution in [-0.4, -0.2) is 44.1 Å². The van der Waals surface area contributed by atoms with Gasteiger partial charge in [-0.3, -0.25) is 4.98 Å². The van der Waals surface area contributed by atoms with E-state index in [1.807, 2.05) is 30.7 Å². The molecule has 1 saturated carbocycles. The minimum Gasteiger partial charge on any atom is -0.463 e. The van der Waals surface area contributed by atoms with Crippen molar-refractivity contribution in [1.29, 1.82) is 0 Å². The number of fused-ring (bicyclic) bond motifs is 1. The number of hydrogen-bond donors (Lipinski definition) is 3. The molecule has 1 aliphatic heterocycles. The van der Waals surface area contributed by atoms with Gasteiger partial charge in [-0.25, -0.2) is 4.98 Å². The van der Waals surface area contributed by atoms with Crippen LogP contribution in [0.15, 0.2) is 47.5 Å². The minimum atomic E-state index is 0.471. The SMILES string of the molecule is c1coc(-c2ccc(CNc3nc(NCC4CCNCC4)nc4c3ncn4C3CCCC3)cn2)c1. The van der Waals surface area contributed by atoms with Crippen LogP contribution in [0.1, 0.15) is 50.1 Å². The number of furan rings is 1. The molecule has 9 heteroatoms. The lowest BCUT2D eigenvalue weighted by molar-refractivity contribution is 0.389. The quantitative estimate of drug-likeness (QED) is 0.341. The first-order chi connectivity index (χ1) is 17.3. The largest absolute Gasteiger partial charge is 0.463 e. The molecule has 9 nitrogen and oxygen atoms in total. The van der Waals surface area contributed by atoms with Gasteiger partial charge in [0.2, 0.25) is 5.95 Å². The van der Waals surface area contributed by atoms with Crippen molar-refractivity contribution in [3.05, 3.63) is 48.6 Å². The number of pyridine rings is 1. The summed E-state index contributed by atoms with van der Waals surface area (Å²) in [6, 6.07) is 8.29. The van der Waals surface area contributed by atoms with Crippen LogP contribution in [0.5, 0.6) is 0 Å². The van der Waals surface area contributed by atoms with Crippen LogP contribution in [0, 0.1) is 5.92 Å². The van der Waals surface area contributed by atoms with Crippen molar-refractivity contribution in [2.45, 2.75) is 51.1 Å². The van der Waals surface area contributed by atoms with Crippen LogP contribution >= 0.6 is 0 Å². The van der Waals surface area contributed by atoms with Crippen molar-refractivity contribution in [3.8, 4) is 11.5 Å². The molecular weight excluding hydrogens is 440 g/mol.